The molecule has 0 aliphatic carbocycles. The van der Waals surface area contributed by atoms with E-state index in [1.54, 1.807) is 6.20 Å². The molecule has 2 aromatic rings. The van der Waals surface area contributed by atoms with Crippen LogP contribution in [0.3, 0.4) is 0 Å². The summed E-state index contributed by atoms with van der Waals surface area (Å²) in [5.74, 6) is 5.71. The minimum Gasteiger partial charge on any atom is -0.272 e. The Bertz CT molecular complexity index is 561. The number of hydrogen-bond acceptors (Lipinski definition) is 4. The van der Waals surface area contributed by atoms with Gasteiger partial charge in [0.2, 0.25) is 0 Å². The second-order valence-electron chi connectivity index (χ2n) is 4.60. The molecule has 3 N–H and O–H groups in total. The molecule has 0 aliphatic heterocycles. The second-order valence-corrected chi connectivity index (χ2v) is 5.51. The average molecular weight is 324 g/mol. The lowest BCUT2D eigenvalue weighted by Gasteiger charge is -2.16. The number of nitrogens with zero attached hydrogens (tertiary/aromatic N) is 3. The van der Waals surface area contributed by atoms with Crippen LogP contribution in [0.4, 0.5) is 0 Å². The third-order valence-corrected chi connectivity index (χ3v) is 3.79. The quantitative estimate of drug-likeness (QED) is 0.666. The minimum atomic E-state index is 0.0161. The molecule has 0 fully saturated rings. The van der Waals surface area contributed by atoms with Crippen molar-refractivity contribution in [3.8, 4) is 0 Å². The lowest BCUT2D eigenvalue weighted by Crippen LogP contribution is -2.30. The van der Waals surface area contributed by atoms with Crippen molar-refractivity contribution in [3.05, 3.63) is 45.4 Å². The number of hydrazine groups is 1. The van der Waals surface area contributed by atoms with Gasteiger partial charge in [-0.15, -0.1) is 0 Å². The molecule has 0 bridgehead atoms. The summed E-state index contributed by atoms with van der Waals surface area (Å²) >= 11 is 3.38. The number of nitrogens with one attached hydrogen (secondary N) is 1. The van der Waals surface area contributed by atoms with Gasteiger partial charge >= 0.3 is 0 Å². The summed E-state index contributed by atoms with van der Waals surface area (Å²) in [6.07, 6.45) is 2.53. The first-order valence-corrected chi connectivity index (χ1v) is 6.89. The summed E-state index contributed by atoms with van der Waals surface area (Å²) in [4.78, 5) is 4.39. The normalized spacial score (nSPS) is 12.7. The van der Waals surface area contributed by atoms with Crippen LogP contribution >= 0.6 is 15.9 Å². The maximum absolute atomic E-state index is 5.71. The van der Waals surface area contributed by atoms with E-state index in [9.17, 15) is 0 Å². The van der Waals surface area contributed by atoms with Crippen LogP contribution in [0.2, 0.25) is 0 Å². The highest BCUT2D eigenvalue weighted by Gasteiger charge is 2.19. The van der Waals surface area contributed by atoms with Crippen molar-refractivity contribution in [2.75, 3.05) is 0 Å². The standard InChI is InChI=1S/C13H18BrN5/c1-8-13(9(2)19(3)18-8)12(17-15)6-11-5-4-10(14)7-16-11/h4-5,7,12,17H,6,15H2,1-3H3. The predicted octanol–water partition coefficient (Wildman–Crippen LogP) is 1.94. The van der Waals surface area contributed by atoms with Gasteiger partial charge in [0.15, 0.2) is 0 Å². The molecule has 0 saturated carbocycles. The van der Waals surface area contributed by atoms with E-state index < -0.39 is 0 Å². The molecule has 0 amide bonds. The molecule has 1 unspecified atom stereocenters. The molecule has 2 heterocycles. The highest BCUT2D eigenvalue weighted by atomic mass is 79.9. The summed E-state index contributed by atoms with van der Waals surface area (Å²) in [6, 6.07) is 4.00. The molecule has 0 saturated heterocycles. The van der Waals surface area contributed by atoms with Crippen molar-refractivity contribution >= 4 is 15.9 Å². The average Bonchev–Trinajstić information content (AvgIpc) is 2.63. The molecular formula is C13H18BrN5. The monoisotopic (exact) mass is 323 g/mol. The van der Waals surface area contributed by atoms with Crippen LogP contribution in [-0.4, -0.2) is 14.8 Å². The van der Waals surface area contributed by atoms with Crippen molar-refractivity contribution in [1.29, 1.82) is 0 Å². The van der Waals surface area contributed by atoms with Crippen LogP contribution in [-0.2, 0) is 13.5 Å². The van der Waals surface area contributed by atoms with Gasteiger partial charge in [-0.25, -0.2) is 0 Å². The highest BCUT2D eigenvalue weighted by Crippen LogP contribution is 2.23. The van der Waals surface area contributed by atoms with Crippen molar-refractivity contribution in [2.24, 2.45) is 12.9 Å². The predicted molar refractivity (Wildman–Crippen MR) is 78.4 cm³/mol. The van der Waals surface area contributed by atoms with E-state index in [-0.39, 0.29) is 6.04 Å². The van der Waals surface area contributed by atoms with E-state index in [1.807, 2.05) is 30.8 Å². The Morgan fingerprint density at radius 2 is 2.16 bits per heavy atom. The lowest BCUT2D eigenvalue weighted by atomic mass is 10.0. The molecule has 0 aromatic carbocycles. The molecule has 0 spiro atoms. The fourth-order valence-electron chi connectivity index (χ4n) is 2.27. The van der Waals surface area contributed by atoms with Gasteiger partial charge in [-0.2, -0.15) is 5.10 Å². The zero-order valence-corrected chi connectivity index (χ0v) is 12.9. The van der Waals surface area contributed by atoms with Gasteiger partial charge in [0.25, 0.3) is 0 Å². The van der Waals surface area contributed by atoms with Crippen LogP contribution in [0.25, 0.3) is 0 Å². The Morgan fingerprint density at radius 3 is 2.63 bits per heavy atom. The first kappa shape index (κ1) is 14.2. The topological polar surface area (TPSA) is 68.8 Å². The molecule has 0 aliphatic rings. The largest absolute Gasteiger partial charge is 0.272 e. The summed E-state index contributed by atoms with van der Waals surface area (Å²) in [6.45, 7) is 4.05. The molecule has 102 valence electrons. The van der Waals surface area contributed by atoms with E-state index in [2.05, 4.69) is 38.4 Å². The number of nitrogens with two attached hydrogens (primary N) is 1. The van der Waals surface area contributed by atoms with E-state index in [0.717, 1.165) is 33.5 Å². The number of hydrogen-bond donors (Lipinski definition) is 2. The zero-order chi connectivity index (χ0) is 14.0. The number of pyridine rings is 1. The molecular weight excluding hydrogens is 306 g/mol. The molecule has 5 nitrogen and oxygen atoms in total. The number of aryl methyl sites for hydroxylation is 2. The van der Waals surface area contributed by atoms with Crippen molar-refractivity contribution < 1.29 is 0 Å². The third kappa shape index (κ3) is 3.02. The Balaban J connectivity index is 2.27. The Labute approximate surface area is 121 Å². The smallest absolute Gasteiger partial charge is 0.0644 e. The van der Waals surface area contributed by atoms with Gasteiger partial charge in [-0.05, 0) is 41.9 Å². The molecule has 2 rings (SSSR count). The van der Waals surface area contributed by atoms with Gasteiger partial charge in [-0.1, -0.05) is 0 Å². The molecule has 0 radical (unpaired) electrons. The summed E-state index contributed by atoms with van der Waals surface area (Å²) in [5.41, 5.74) is 7.14. The van der Waals surface area contributed by atoms with Crippen LogP contribution in [0.15, 0.2) is 22.8 Å². The molecule has 19 heavy (non-hydrogen) atoms. The minimum absolute atomic E-state index is 0.0161. The summed E-state index contributed by atoms with van der Waals surface area (Å²) < 4.78 is 2.85. The van der Waals surface area contributed by atoms with Gasteiger partial charge in [0, 0.05) is 41.1 Å². The van der Waals surface area contributed by atoms with Crippen LogP contribution in [0.1, 0.15) is 28.7 Å². The third-order valence-electron chi connectivity index (χ3n) is 3.32. The van der Waals surface area contributed by atoms with E-state index in [1.165, 1.54) is 0 Å². The first-order chi connectivity index (χ1) is 9.02. The van der Waals surface area contributed by atoms with E-state index in [0.29, 0.717) is 0 Å². The van der Waals surface area contributed by atoms with Gasteiger partial charge in [0.05, 0.1) is 11.7 Å². The Kier molecular flexibility index (Phi) is 4.34. The summed E-state index contributed by atoms with van der Waals surface area (Å²) in [7, 11) is 1.94. The van der Waals surface area contributed by atoms with Crippen LogP contribution in [0.5, 0.6) is 0 Å². The fourth-order valence-corrected chi connectivity index (χ4v) is 2.51. The first-order valence-electron chi connectivity index (χ1n) is 6.09. The number of aromatic nitrogens is 3. The number of rotatable bonds is 4. The second kappa shape index (κ2) is 5.81. The van der Waals surface area contributed by atoms with Gasteiger partial charge in [0.1, 0.15) is 0 Å². The highest BCUT2D eigenvalue weighted by molar-refractivity contribution is 9.10. The zero-order valence-electron chi connectivity index (χ0n) is 11.3. The van der Waals surface area contributed by atoms with Crippen molar-refractivity contribution in [3.63, 3.8) is 0 Å². The molecule has 2 aromatic heterocycles. The molecule has 6 heteroatoms. The van der Waals surface area contributed by atoms with Crippen molar-refractivity contribution in [2.45, 2.75) is 26.3 Å². The summed E-state index contributed by atoms with van der Waals surface area (Å²) in [5, 5.41) is 4.43. The fraction of sp³-hybridized carbons (Fsp3) is 0.385. The van der Waals surface area contributed by atoms with E-state index in [4.69, 9.17) is 5.84 Å². The SMILES string of the molecule is Cc1nn(C)c(C)c1C(Cc1ccc(Br)cn1)NN. The van der Waals surface area contributed by atoms with Gasteiger partial charge < -0.3 is 0 Å². The maximum atomic E-state index is 5.71. The Morgan fingerprint density at radius 1 is 1.42 bits per heavy atom. The lowest BCUT2D eigenvalue weighted by molar-refractivity contribution is 0.540. The number of halogens is 1. The van der Waals surface area contributed by atoms with Crippen LogP contribution < -0.4 is 11.3 Å². The molecule has 1 atom stereocenters. The van der Waals surface area contributed by atoms with Gasteiger partial charge in [-0.3, -0.25) is 20.9 Å². The Hall–Kier alpha value is -1.24. The van der Waals surface area contributed by atoms with E-state index >= 15 is 0 Å². The van der Waals surface area contributed by atoms with Crippen LogP contribution in [0, 0.1) is 13.8 Å². The van der Waals surface area contributed by atoms with Crippen molar-refractivity contribution in [1.82, 2.24) is 20.2 Å². The maximum Gasteiger partial charge on any atom is 0.0644 e.